The Morgan fingerprint density at radius 3 is 1.55 bits per heavy atom. The van der Waals surface area contributed by atoms with E-state index < -0.39 is 29.7 Å². The van der Waals surface area contributed by atoms with E-state index in [1.165, 1.54) is 0 Å². The first-order valence-corrected chi connectivity index (χ1v) is 6.28. The number of carboxylic acid groups (broad SMARTS) is 3. The van der Waals surface area contributed by atoms with E-state index in [4.69, 9.17) is 20.4 Å². The molecule has 0 aliphatic heterocycles. The standard InChI is InChI=1S/C8H12O4.C5H8O3/c9-7(10)5-3-1-2-4-6(5)8(11)12;1-4(2-3-6)5(7)8/h5-6H,1-4H2,(H,9,10)(H,11,12);6H,1-3H2,(H,7,8). The average molecular weight is 288 g/mol. The third kappa shape index (κ3) is 6.33. The Morgan fingerprint density at radius 2 is 1.35 bits per heavy atom. The highest BCUT2D eigenvalue weighted by Gasteiger charge is 2.35. The lowest BCUT2D eigenvalue weighted by Gasteiger charge is -2.24. The number of hydrogen-bond acceptors (Lipinski definition) is 4. The van der Waals surface area contributed by atoms with Gasteiger partial charge in [0, 0.05) is 18.6 Å². The van der Waals surface area contributed by atoms with E-state index in [9.17, 15) is 14.4 Å². The van der Waals surface area contributed by atoms with Gasteiger partial charge in [0.2, 0.25) is 0 Å². The molecule has 0 saturated heterocycles. The SMILES string of the molecule is C=C(CCO)C(=O)O.O=C(O)C1CCCCC1C(=O)O. The summed E-state index contributed by atoms with van der Waals surface area (Å²) in [4.78, 5) is 31.1. The van der Waals surface area contributed by atoms with Crippen LogP contribution in [0.5, 0.6) is 0 Å². The maximum atomic E-state index is 10.6. The molecule has 0 spiro atoms. The van der Waals surface area contributed by atoms with Crippen LogP contribution >= 0.6 is 0 Å². The molecule has 0 radical (unpaired) electrons. The second-order valence-corrected chi connectivity index (χ2v) is 4.56. The van der Waals surface area contributed by atoms with Crippen molar-refractivity contribution in [3.05, 3.63) is 12.2 Å². The highest BCUT2D eigenvalue weighted by atomic mass is 16.4. The van der Waals surface area contributed by atoms with E-state index in [0.29, 0.717) is 12.8 Å². The summed E-state index contributed by atoms with van der Waals surface area (Å²) in [6.45, 7) is 3.04. The molecule has 0 heterocycles. The van der Waals surface area contributed by atoms with Gasteiger partial charge in [0.25, 0.3) is 0 Å². The maximum absolute atomic E-state index is 10.6. The third-order valence-electron chi connectivity index (χ3n) is 3.12. The lowest BCUT2D eigenvalue weighted by molar-refractivity contribution is -0.155. The molecule has 114 valence electrons. The van der Waals surface area contributed by atoms with Gasteiger partial charge in [-0.1, -0.05) is 19.4 Å². The Hall–Kier alpha value is -1.89. The lowest BCUT2D eigenvalue weighted by atomic mass is 9.79. The number of aliphatic carboxylic acids is 3. The number of aliphatic hydroxyl groups excluding tert-OH is 1. The second kappa shape index (κ2) is 9.08. The van der Waals surface area contributed by atoms with Gasteiger partial charge in [-0.05, 0) is 12.8 Å². The molecule has 2 atom stereocenters. The fourth-order valence-corrected chi connectivity index (χ4v) is 1.96. The number of aliphatic hydroxyl groups is 1. The van der Waals surface area contributed by atoms with E-state index in [-0.39, 0.29) is 18.6 Å². The quantitative estimate of drug-likeness (QED) is 0.554. The van der Waals surface area contributed by atoms with Crippen molar-refractivity contribution in [1.82, 2.24) is 0 Å². The van der Waals surface area contributed by atoms with Crippen LogP contribution in [0, 0.1) is 11.8 Å². The minimum absolute atomic E-state index is 0.0486. The Kier molecular flexibility index (Phi) is 8.23. The van der Waals surface area contributed by atoms with Crippen molar-refractivity contribution in [3.63, 3.8) is 0 Å². The molecule has 7 nitrogen and oxygen atoms in total. The molecule has 7 heteroatoms. The van der Waals surface area contributed by atoms with Crippen molar-refractivity contribution < 1.29 is 34.8 Å². The van der Waals surface area contributed by atoms with Gasteiger partial charge < -0.3 is 20.4 Å². The van der Waals surface area contributed by atoms with Gasteiger partial charge >= 0.3 is 17.9 Å². The van der Waals surface area contributed by atoms with E-state index in [1.807, 2.05) is 0 Å². The average Bonchev–Trinajstić information content (AvgIpc) is 2.39. The summed E-state index contributed by atoms with van der Waals surface area (Å²) < 4.78 is 0. The first-order chi connectivity index (χ1) is 9.31. The van der Waals surface area contributed by atoms with Crippen molar-refractivity contribution in [3.8, 4) is 0 Å². The van der Waals surface area contributed by atoms with Crippen molar-refractivity contribution in [2.45, 2.75) is 32.1 Å². The summed E-state index contributed by atoms with van der Waals surface area (Å²) in [5, 5.41) is 33.7. The van der Waals surface area contributed by atoms with Gasteiger partial charge in [0.15, 0.2) is 0 Å². The predicted molar refractivity (Wildman–Crippen MR) is 69.2 cm³/mol. The topological polar surface area (TPSA) is 132 Å². The van der Waals surface area contributed by atoms with Crippen LogP contribution < -0.4 is 0 Å². The molecule has 20 heavy (non-hydrogen) atoms. The molecule has 1 aliphatic rings. The fraction of sp³-hybridized carbons (Fsp3) is 0.615. The van der Waals surface area contributed by atoms with Gasteiger partial charge in [0.05, 0.1) is 11.8 Å². The zero-order valence-corrected chi connectivity index (χ0v) is 11.1. The molecule has 0 aromatic carbocycles. The van der Waals surface area contributed by atoms with Crippen LogP contribution in [0.1, 0.15) is 32.1 Å². The van der Waals surface area contributed by atoms with Gasteiger partial charge in [0.1, 0.15) is 0 Å². The largest absolute Gasteiger partial charge is 0.481 e. The van der Waals surface area contributed by atoms with Crippen LogP contribution in [0.3, 0.4) is 0 Å². The van der Waals surface area contributed by atoms with Crippen molar-refractivity contribution >= 4 is 17.9 Å². The number of hydrogen-bond donors (Lipinski definition) is 4. The van der Waals surface area contributed by atoms with E-state index in [0.717, 1.165) is 12.8 Å². The van der Waals surface area contributed by atoms with Crippen molar-refractivity contribution in [2.75, 3.05) is 6.61 Å². The summed E-state index contributed by atoms with van der Waals surface area (Å²) in [5.41, 5.74) is 0.0486. The normalized spacial score (nSPS) is 21.2. The molecule has 0 amide bonds. The molecule has 2 unspecified atom stereocenters. The Labute approximate surface area is 116 Å². The minimum Gasteiger partial charge on any atom is -0.481 e. The summed E-state index contributed by atoms with van der Waals surface area (Å²) in [5.74, 6) is -4.32. The van der Waals surface area contributed by atoms with Gasteiger partial charge in [-0.25, -0.2) is 4.79 Å². The minimum atomic E-state index is -1.04. The van der Waals surface area contributed by atoms with Crippen LogP contribution in [0.15, 0.2) is 12.2 Å². The summed E-state index contributed by atoms with van der Waals surface area (Å²) in [6.07, 6.45) is 2.83. The maximum Gasteiger partial charge on any atom is 0.331 e. The zero-order valence-electron chi connectivity index (χ0n) is 11.1. The molecule has 4 N–H and O–H groups in total. The highest BCUT2D eigenvalue weighted by Crippen LogP contribution is 2.30. The zero-order chi connectivity index (χ0) is 15.7. The monoisotopic (exact) mass is 288 g/mol. The van der Waals surface area contributed by atoms with Crippen LogP contribution in [0.4, 0.5) is 0 Å². The van der Waals surface area contributed by atoms with Crippen molar-refractivity contribution in [1.29, 1.82) is 0 Å². The number of rotatable bonds is 5. The van der Waals surface area contributed by atoms with Crippen molar-refractivity contribution in [2.24, 2.45) is 11.8 Å². The Morgan fingerprint density at radius 1 is 0.950 bits per heavy atom. The smallest absolute Gasteiger partial charge is 0.331 e. The molecular weight excluding hydrogens is 268 g/mol. The molecule has 0 bridgehead atoms. The predicted octanol–water partition coefficient (Wildman–Crippen LogP) is 0.972. The van der Waals surface area contributed by atoms with Crippen LogP contribution in [0.25, 0.3) is 0 Å². The Bertz CT molecular complexity index is 353. The van der Waals surface area contributed by atoms with Crippen LogP contribution in [-0.2, 0) is 14.4 Å². The van der Waals surface area contributed by atoms with E-state index >= 15 is 0 Å². The molecule has 0 aromatic rings. The molecule has 1 fully saturated rings. The Balaban J connectivity index is 0.000000396. The molecule has 0 aromatic heterocycles. The van der Waals surface area contributed by atoms with E-state index in [1.54, 1.807) is 0 Å². The van der Waals surface area contributed by atoms with Crippen LogP contribution in [-0.4, -0.2) is 44.9 Å². The van der Waals surface area contributed by atoms with Crippen LogP contribution in [0.2, 0.25) is 0 Å². The van der Waals surface area contributed by atoms with Gasteiger partial charge in [-0.3, -0.25) is 9.59 Å². The summed E-state index contributed by atoms with van der Waals surface area (Å²) >= 11 is 0. The third-order valence-corrected chi connectivity index (χ3v) is 3.12. The molecule has 1 saturated carbocycles. The number of carboxylic acids is 3. The molecular formula is C13H20O7. The highest BCUT2D eigenvalue weighted by molar-refractivity contribution is 5.85. The molecule has 1 rings (SSSR count). The van der Waals surface area contributed by atoms with Gasteiger partial charge in [-0.15, -0.1) is 0 Å². The molecule has 1 aliphatic carbocycles. The van der Waals surface area contributed by atoms with E-state index in [2.05, 4.69) is 6.58 Å². The lowest BCUT2D eigenvalue weighted by Crippen LogP contribution is -2.32. The van der Waals surface area contributed by atoms with Gasteiger partial charge in [-0.2, -0.15) is 0 Å². The number of carbonyl (C=O) groups is 3. The second-order valence-electron chi connectivity index (χ2n) is 4.56. The summed E-state index contributed by atoms with van der Waals surface area (Å²) in [6, 6.07) is 0. The summed E-state index contributed by atoms with van der Waals surface area (Å²) in [7, 11) is 0. The fourth-order valence-electron chi connectivity index (χ4n) is 1.96. The first kappa shape index (κ1) is 18.1. The first-order valence-electron chi connectivity index (χ1n) is 6.28.